The number of hydrogen-bond acceptors (Lipinski definition) is 7. The van der Waals surface area contributed by atoms with Gasteiger partial charge >= 0.3 is 0 Å². The molecule has 6 aromatic rings. The molecule has 3 aromatic heterocycles. The first-order valence-corrected chi connectivity index (χ1v) is 12.8. The van der Waals surface area contributed by atoms with E-state index in [0.717, 1.165) is 22.4 Å². The lowest BCUT2D eigenvalue weighted by atomic mass is 9.97. The Kier molecular flexibility index (Phi) is 6.49. The van der Waals surface area contributed by atoms with Gasteiger partial charge in [0.1, 0.15) is 17.2 Å². The Balaban J connectivity index is 1.54. The van der Waals surface area contributed by atoms with E-state index in [0.29, 0.717) is 51.5 Å². The largest absolute Gasteiger partial charge is 0.455 e. The summed E-state index contributed by atoms with van der Waals surface area (Å²) in [6.45, 7) is 2.43. The highest BCUT2D eigenvalue weighted by Gasteiger charge is 2.24. The fraction of sp³-hybridized carbons (Fsp3) is 0.129. The van der Waals surface area contributed by atoms with Crippen LogP contribution in [0.2, 0.25) is 0 Å². The summed E-state index contributed by atoms with van der Waals surface area (Å²) in [6.07, 6.45) is 1.67. The monoisotopic (exact) mass is 535 g/mol. The molecule has 1 atom stereocenters. The molecule has 0 radical (unpaired) electrons. The molecule has 40 heavy (non-hydrogen) atoms. The Hall–Kier alpha value is -5.02. The van der Waals surface area contributed by atoms with Gasteiger partial charge in [0, 0.05) is 59.7 Å². The van der Waals surface area contributed by atoms with E-state index < -0.39 is 0 Å². The Morgan fingerprint density at radius 2 is 1.77 bits per heavy atom. The molecule has 0 fully saturated rings. The van der Waals surface area contributed by atoms with Crippen molar-refractivity contribution in [3.63, 3.8) is 0 Å². The molecule has 4 N–H and O–H groups in total. The average molecular weight is 536 g/mol. The number of nitrogens with zero attached hydrogens (tertiary/aromatic N) is 2. The topological polar surface area (TPSA) is 119 Å². The quantitative estimate of drug-likeness (QED) is 0.222. The summed E-state index contributed by atoms with van der Waals surface area (Å²) in [7, 11) is 1.56. The minimum absolute atomic E-state index is 0.102. The lowest BCUT2D eigenvalue weighted by Crippen LogP contribution is -2.25. The van der Waals surface area contributed by atoms with Crippen molar-refractivity contribution in [3.8, 4) is 33.9 Å². The molecule has 0 aliphatic rings. The molecule has 200 valence electrons. The zero-order valence-corrected chi connectivity index (χ0v) is 21.9. The third-order valence-electron chi connectivity index (χ3n) is 6.59. The zero-order chi connectivity index (χ0) is 27.8. The van der Waals surface area contributed by atoms with Crippen molar-refractivity contribution in [1.29, 1.82) is 0 Å². The van der Waals surface area contributed by atoms with E-state index in [4.69, 9.17) is 14.6 Å². The lowest BCUT2D eigenvalue weighted by molar-refractivity contribution is 0.0964. The smallest absolute Gasteiger partial charge is 0.255 e. The lowest BCUT2D eigenvalue weighted by Gasteiger charge is -2.15. The number of hydrogen-bond donors (Lipinski definition) is 3. The molecular formula is C31H26FN5O3. The summed E-state index contributed by atoms with van der Waals surface area (Å²) in [5.74, 6) is 0.126. The highest BCUT2D eigenvalue weighted by molar-refractivity contribution is 6.12. The van der Waals surface area contributed by atoms with Crippen LogP contribution >= 0.6 is 0 Å². The van der Waals surface area contributed by atoms with Gasteiger partial charge in [-0.25, -0.2) is 9.37 Å². The second kappa shape index (κ2) is 10.3. The third-order valence-corrected chi connectivity index (χ3v) is 6.59. The Morgan fingerprint density at radius 3 is 2.52 bits per heavy atom. The Labute approximate surface area is 229 Å². The van der Waals surface area contributed by atoms with E-state index in [1.54, 1.807) is 31.4 Å². The van der Waals surface area contributed by atoms with Crippen molar-refractivity contribution in [2.75, 3.05) is 18.9 Å². The molecule has 3 aromatic carbocycles. The zero-order valence-electron chi connectivity index (χ0n) is 21.9. The first-order valence-electron chi connectivity index (χ1n) is 12.8. The molecular weight excluding hydrogens is 509 g/mol. The van der Waals surface area contributed by atoms with Crippen LogP contribution in [0.25, 0.3) is 56.1 Å². The number of furan rings is 1. The van der Waals surface area contributed by atoms with Crippen molar-refractivity contribution >= 4 is 33.8 Å². The van der Waals surface area contributed by atoms with E-state index in [-0.39, 0.29) is 17.8 Å². The van der Waals surface area contributed by atoms with Crippen LogP contribution in [0.4, 0.5) is 10.1 Å². The van der Waals surface area contributed by atoms with Crippen molar-refractivity contribution in [2.24, 2.45) is 5.73 Å². The van der Waals surface area contributed by atoms with Gasteiger partial charge in [-0.1, -0.05) is 12.1 Å². The molecule has 0 saturated heterocycles. The van der Waals surface area contributed by atoms with Gasteiger partial charge in [-0.3, -0.25) is 4.79 Å². The number of aromatic nitrogens is 2. The van der Waals surface area contributed by atoms with Crippen molar-refractivity contribution < 1.29 is 18.0 Å². The maximum absolute atomic E-state index is 13.6. The Bertz CT molecular complexity index is 1820. The van der Waals surface area contributed by atoms with Gasteiger partial charge in [0.05, 0.1) is 5.56 Å². The second-order valence-corrected chi connectivity index (χ2v) is 9.57. The maximum atomic E-state index is 13.6. The van der Waals surface area contributed by atoms with Crippen LogP contribution in [-0.2, 0) is 0 Å². The second-order valence-electron chi connectivity index (χ2n) is 9.57. The van der Waals surface area contributed by atoms with E-state index >= 15 is 0 Å². The molecule has 1 unspecified atom stereocenters. The van der Waals surface area contributed by atoms with E-state index in [9.17, 15) is 9.18 Å². The molecule has 8 nitrogen and oxygen atoms in total. The number of fused-ring (bicyclic) bond motifs is 2. The van der Waals surface area contributed by atoms with E-state index in [2.05, 4.69) is 20.6 Å². The van der Waals surface area contributed by atoms with Crippen LogP contribution in [0.15, 0.2) is 87.8 Å². The fourth-order valence-electron chi connectivity index (χ4n) is 4.67. The highest BCUT2D eigenvalue weighted by atomic mass is 19.1. The van der Waals surface area contributed by atoms with Gasteiger partial charge in [-0.05, 0) is 67.1 Å². The van der Waals surface area contributed by atoms with Crippen LogP contribution in [0.1, 0.15) is 17.3 Å². The number of amides is 1. The first kappa shape index (κ1) is 25.3. The van der Waals surface area contributed by atoms with Gasteiger partial charge in [0.25, 0.3) is 5.91 Å². The number of carbonyl (C=O) groups excluding carboxylic acids is 1. The number of nitrogens with two attached hydrogens (primary N) is 1. The van der Waals surface area contributed by atoms with Gasteiger partial charge in [-0.2, -0.15) is 4.98 Å². The van der Waals surface area contributed by atoms with Crippen LogP contribution in [0, 0.1) is 5.82 Å². The number of pyridine rings is 1. The number of halogens is 1. The SMILES string of the molecule is CNC(=O)c1c(-c2ccc(F)cc2)oc2cc(NCC(C)N)c(-c3cccc(-c4nc5ncccc5o4)c3)cc12. The summed E-state index contributed by atoms with van der Waals surface area (Å²) in [5.41, 5.74) is 11.9. The number of carbonyl (C=O) groups is 1. The molecule has 1 amide bonds. The van der Waals surface area contributed by atoms with Crippen LogP contribution in [0.5, 0.6) is 0 Å². The van der Waals surface area contributed by atoms with Gasteiger partial charge < -0.3 is 25.2 Å². The summed E-state index contributed by atoms with van der Waals surface area (Å²) in [5, 5.41) is 6.75. The molecule has 0 aliphatic carbocycles. The number of anilines is 1. The van der Waals surface area contributed by atoms with Crippen LogP contribution in [0.3, 0.4) is 0 Å². The molecule has 9 heteroatoms. The van der Waals surface area contributed by atoms with Crippen LogP contribution in [-0.4, -0.2) is 35.5 Å². The third kappa shape index (κ3) is 4.67. The minimum atomic E-state index is -0.374. The highest BCUT2D eigenvalue weighted by Crippen LogP contribution is 2.40. The van der Waals surface area contributed by atoms with Gasteiger partial charge in [0.15, 0.2) is 11.2 Å². The number of benzene rings is 3. The number of oxazole rings is 1. The number of nitrogens with one attached hydrogen (secondary N) is 2. The average Bonchev–Trinajstić information content (AvgIpc) is 3.57. The predicted octanol–water partition coefficient (Wildman–Crippen LogP) is 6.23. The summed E-state index contributed by atoms with van der Waals surface area (Å²) >= 11 is 0. The molecule has 3 heterocycles. The molecule has 0 saturated carbocycles. The normalized spacial score (nSPS) is 12.1. The van der Waals surface area contributed by atoms with E-state index in [1.165, 1.54) is 12.1 Å². The molecule has 0 spiro atoms. The molecule has 0 bridgehead atoms. The number of rotatable bonds is 7. The summed E-state index contributed by atoms with van der Waals surface area (Å²) in [4.78, 5) is 21.9. The minimum Gasteiger partial charge on any atom is -0.455 e. The first-order chi connectivity index (χ1) is 19.4. The fourth-order valence-corrected chi connectivity index (χ4v) is 4.67. The molecule has 0 aliphatic heterocycles. The Morgan fingerprint density at radius 1 is 0.975 bits per heavy atom. The van der Waals surface area contributed by atoms with Crippen molar-refractivity contribution in [2.45, 2.75) is 13.0 Å². The van der Waals surface area contributed by atoms with Gasteiger partial charge in [0.2, 0.25) is 5.89 Å². The molecule has 6 rings (SSSR count). The summed E-state index contributed by atoms with van der Waals surface area (Å²) < 4.78 is 25.8. The van der Waals surface area contributed by atoms with Gasteiger partial charge in [-0.15, -0.1) is 0 Å². The van der Waals surface area contributed by atoms with Crippen molar-refractivity contribution in [3.05, 3.63) is 90.4 Å². The van der Waals surface area contributed by atoms with E-state index in [1.807, 2.05) is 49.4 Å². The maximum Gasteiger partial charge on any atom is 0.255 e. The van der Waals surface area contributed by atoms with Crippen molar-refractivity contribution in [1.82, 2.24) is 15.3 Å². The predicted molar refractivity (Wildman–Crippen MR) is 153 cm³/mol. The standard InChI is InChI=1S/C31H26FN5O3/c1-17(33)16-36-24-15-26-23(27(30(38)34-2)28(39-26)18-8-10-21(32)11-9-18)14-22(24)19-5-3-6-20(13-19)31-37-29-25(40-31)7-4-12-35-29/h3-15,17,36H,16,33H2,1-2H3,(H,34,38). The van der Waals surface area contributed by atoms with Crippen LogP contribution < -0.4 is 16.4 Å². The summed E-state index contributed by atoms with van der Waals surface area (Å²) in [6, 6.07) is 21.0.